The number of hydrogen-bond acceptors (Lipinski definition) is 3. The first-order valence-electron chi connectivity index (χ1n) is 6.69. The molecule has 0 bridgehead atoms. The maximum absolute atomic E-state index is 10.0. The molecule has 1 saturated heterocycles. The molecule has 1 rings (SSSR count). The molecule has 3 heteroatoms. The number of nitrogens with zero attached hydrogens (tertiary/aromatic N) is 1. The van der Waals surface area contributed by atoms with Crippen molar-refractivity contribution in [1.29, 1.82) is 0 Å². The average Bonchev–Trinajstić information content (AvgIpc) is 2.16. The highest BCUT2D eigenvalue weighted by molar-refractivity contribution is 4.83. The maximum Gasteiger partial charge on any atom is 0.0746 e. The number of β-amino-alcohol motifs (C(OH)–C–C–N with tert-alkyl or cyclic N) is 1. The van der Waals surface area contributed by atoms with Gasteiger partial charge in [-0.25, -0.2) is 0 Å². The molecule has 0 aliphatic carbocycles. The molecule has 1 aliphatic rings. The van der Waals surface area contributed by atoms with Gasteiger partial charge in [0.1, 0.15) is 0 Å². The molecule has 3 nitrogen and oxygen atoms in total. The summed E-state index contributed by atoms with van der Waals surface area (Å²) in [5.74, 6) is 0.667. The van der Waals surface area contributed by atoms with Crippen molar-refractivity contribution in [3.8, 4) is 0 Å². The lowest BCUT2D eigenvalue weighted by Crippen LogP contribution is -2.48. The summed E-state index contributed by atoms with van der Waals surface area (Å²) < 4.78 is 0. The number of aliphatic hydroxyl groups is 1. The smallest absolute Gasteiger partial charge is 0.0746 e. The van der Waals surface area contributed by atoms with Gasteiger partial charge in [0.05, 0.1) is 5.60 Å². The fourth-order valence-electron chi connectivity index (χ4n) is 2.51. The molecule has 0 aromatic heterocycles. The van der Waals surface area contributed by atoms with Crippen LogP contribution < -0.4 is 5.32 Å². The lowest BCUT2D eigenvalue weighted by Gasteiger charge is -2.38. The van der Waals surface area contributed by atoms with Gasteiger partial charge in [0.2, 0.25) is 0 Å². The molecule has 1 fully saturated rings. The highest BCUT2D eigenvalue weighted by atomic mass is 16.3. The zero-order valence-electron chi connectivity index (χ0n) is 11.1. The molecular formula is C13H28N2O. The largest absolute Gasteiger partial charge is 0.389 e. The Balaban J connectivity index is 2.20. The number of nitrogens with one attached hydrogen (secondary N) is 1. The van der Waals surface area contributed by atoms with Crippen molar-refractivity contribution >= 4 is 0 Å². The van der Waals surface area contributed by atoms with Crippen molar-refractivity contribution in [3.05, 3.63) is 0 Å². The van der Waals surface area contributed by atoms with Crippen LogP contribution in [0, 0.1) is 5.92 Å². The first-order valence-corrected chi connectivity index (χ1v) is 6.69. The molecule has 0 aromatic carbocycles. The van der Waals surface area contributed by atoms with Crippen LogP contribution >= 0.6 is 0 Å². The summed E-state index contributed by atoms with van der Waals surface area (Å²) in [5.41, 5.74) is -0.463. The van der Waals surface area contributed by atoms with E-state index >= 15 is 0 Å². The monoisotopic (exact) mass is 228 g/mol. The van der Waals surface area contributed by atoms with E-state index < -0.39 is 5.60 Å². The summed E-state index contributed by atoms with van der Waals surface area (Å²) in [5, 5.41) is 13.5. The van der Waals surface area contributed by atoms with Crippen molar-refractivity contribution < 1.29 is 5.11 Å². The van der Waals surface area contributed by atoms with E-state index in [0.29, 0.717) is 5.92 Å². The Morgan fingerprint density at radius 2 is 2.25 bits per heavy atom. The highest BCUT2D eigenvalue weighted by Crippen LogP contribution is 2.20. The van der Waals surface area contributed by atoms with Crippen LogP contribution in [-0.2, 0) is 0 Å². The van der Waals surface area contributed by atoms with E-state index in [2.05, 4.69) is 24.1 Å². The van der Waals surface area contributed by atoms with Crippen LogP contribution in [0.4, 0.5) is 0 Å². The van der Waals surface area contributed by atoms with E-state index in [1.54, 1.807) is 0 Å². The molecule has 1 heterocycles. The highest BCUT2D eigenvalue weighted by Gasteiger charge is 2.28. The van der Waals surface area contributed by atoms with Gasteiger partial charge in [-0.1, -0.05) is 13.8 Å². The second-order valence-electron chi connectivity index (χ2n) is 5.64. The normalized spacial score (nSPS) is 29.2. The fraction of sp³-hybridized carbons (Fsp3) is 1.00. The second-order valence-corrected chi connectivity index (χ2v) is 5.64. The summed E-state index contributed by atoms with van der Waals surface area (Å²) in [6, 6.07) is 0. The maximum atomic E-state index is 10.0. The van der Waals surface area contributed by atoms with Gasteiger partial charge in [0.15, 0.2) is 0 Å². The Morgan fingerprint density at radius 3 is 2.88 bits per heavy atom. The van der Waals surface area contributed by atoms with Crippen molar-refractivity contribution in [2.45, 2.75) is 45.6 Å². The summed E-state index contributed by atoms with van der Waals surface area (Å²) in [6.45, 7) is 11.7. The number of piperidine rings is 1. The number of hydrogen-bond donors (Lipinski definition) is 2. The SMILES string of the molecule is CCCNCC(C)CN1CCCC(C)(O)C1. The van der Waals surface area contributed by atoms with Crippen LogP contribution in [0.1, 0.15) is 40.0 Å². The first kappa shape index (κ1) is 13.9. The standard InChI is InChI=1S/C13H28N2O/c1-4-7-14-9-12(2)10-15-8-5-6-13(3,16)11-15/h12,14,16H,4-11H2,1-3H3. The van der Waals surface area contributed by atoms with E-state index in [9.17, 15) is 5.11 Å². The van der Waals surface area contributed by atoms with Gasteiger partial charge in [0, 0.05) is 13.1 Å². The van der Waals surface area contributed by atoms with Gasteiger partial charge in [-0.05, 0) is 51.7 Å². The van der Waals surface area contributed by atoms with Crippen LogP contribution in [0.3, 0.4) is 0 Å². The van der Waals surface area contributed by atoms with E-state index in [-0.39, 0.29) is 0 Å². The van der Waals surface area contributed by atoms with Crippen LogP contribution in [0.5, 0.6) is 0 Å². The zero-order valence-corrected chi connectivity index (χ0v) is 11.1. The van der Waals surface area contributed by atoms with Gasteiger partial charge in [-0.15, -0.1) is 0 Å². The van der Waals surface area contributed by atoms with Crippen molar-refractivity contribution in [1.82, 2.24) is 10.2 Å². The molecule has 0 aromatic rings. The summed E-state index contributed by atoms with van der Waals surface area (Å²) in [6.07, 6.45) is 3.28. The minimum absolute atomic E-state index is 0.463. The molecule has 0 radical (unpaired) electrons. The van der Waals surface area contributed by atoms with Crippen LogP contribution in [0.15, 0.2) is 0 Å². The molecule has 16 heavy (non-hydrogen) atoms. The first-order chi connectivity index (χ1) is 7.53. The topological polar surface area (TPSA) is 35.5 Å². The molecule has 2 atom stereocenters. The van der Waals surface area contributed by atoms with Gasteiger partial charge < -0.3 is 15.3 Å². The Hall–Kier alpha value is -0.120. The van der Waals surface area contributed by atoms with Crippen molar-refractivity contribution in [2.75, 3.05) is 32.7 Å². The predicted octanol–water partition coefficient (Wildman–Crippen LogP) is 1.47. The summed E-state index contributed by atoms with van der Waals surface area (Å²) in [4.78, 5) is 2.40. The third-order valence-electron chi connectivity index (χ3n) is 3.24. The number of likely N-dealkylation sites (tertiary alicyclic amines) is 1. The molecule has 96 valence electrons. The zero-order chi connectivity index (χ0) is 12.0. The molecule has 2 N–H and O–H groups in total. The van der Waals surface area contributed by atoms with E-state index in [4.69, 9.17) is 0 Å². The Kier molecular flexibility index (Phi) is 5.73. The number of rotatable bonds is 6. The van der Waals surface area contributed by atoms with Gasteiger partial charge in [-0.2, -0.15) is 0 Å². The van der Waals surface area contributed by atoms with Crippen molar-refractivity contribution in [2.24, 2.45) is 5.92 Å². The summed E-state index contributed by atoms with van der Waals surface area (Å²) >= 11 is 0. The van der Waals surface area contributed by atoms with E-state index in [1.165, 1.54) is 6.42 Å². The molecule has 2 unspecified atom stereocenters. The van der Waals surface area contributed by atoms with Crippen molar-refractivity contribution in [3.63, 3.8) is 0 Å². The average molecular weight is 228 g/mol. The minimum atomic E-state index is -0.463. The van der Waals surface area contributed by atoms with Gasteiger partial charge in [-0.3, -0.25) is 0 Å². The van der Waals surface area contributed by atoms with Crippen LogP contribution in [-0.4, -0.2) is 48.3 Å². The van der Waals surface area contributed by atoms with E-state index in [1.807, 2.05) is 6.92 Å². The van der Waals surface area contributed by atoms with Crippen LogP contribution in [0.25, 0.3) is 0 Å². The minimum Gasteiger partial charge on any atom is -0.389 e. The van der Waals surface area contributed by atoms with Crippen LogP contribution in [0.2, 0.25) is 0 Å². The molecule has 1 aliphatic heterocycles. The lowest BCUT2D eigenvalue weighted by atomic mass is 9.94. The summed E-state index contributed by atoms with van der Waals surface area (Å²) in [7, 11) is 0. The lowest BCUT2D eigenvalue weighted by molar-refractivity contribution is -0.0191. The fourth-order valence-corrected chi connectivity index (χ4v) is 2.51. The molecule has 0 saturated carbocycles. The molecule has 0 amide bonds. The Morgan fingerprint density at radius 1 is 1.50 bits per heavy atom. The van der Waals surface area contributed by atoms with E-state index in [0.717, 1.165) is 45.6 Å². The predicted molar refractivity (Wildman–Crippen MR) is 68.6 cm³/mol. The van der Waals surface area contributed by atoms with Gasteiger partial charge >= 0.3 is 0 Å². The quantitative estimate of drug-likeness (QED) is 0.676. The third kappa shape index (κ3) is 5.28. The van der Waals surface area contributed by atoms with Gasteiger partial charge in [0.25, 0.3) is 0 Å². The Labute approximate surface area is 100 Å². The second kappa shape index (κ2) is 6.58. The third-order valence-corrected chi connectivity index (χ3v) is 3.24. The molecule has 0 spiro atoms. The Bertz CT molecular complexity index is 194. The molecular weight excluding hydrogens is 200 g/mol.